The van der Waals surface area contributed by atoms with Crippen LogP contribution in [0.2, 0.25) is 0 Å². The second-order valence-electron chi connectivity index (χ2n) is 5.68. The van der Waals surface area contributed by atoms with Gasteiger partial charge in [0.15, 0.2) is 0 Å². The average Bonchev–Trinajstić information content (AvgIpc) is 2.40. The Bertz CT molecular complexity index is 409. The Labute approximate surface area is 116 Å². The molecule has 0 unspecified atom stereocenters. The molecule has 1 aliphatic heterocycles. The topological polar surface area (TPSA) is 35.7 Å². The summed E-state index contributed by atoms with van der Waals surface area (Å²) < 4.78 is 0. The molecule has 0 saturated carbocycles. The van der Waals surface area contributed by atoms with E-state index >= 15 is 0 Å². The quantitative estimate of drug-likeness (QED) is 0.829. The first-order valence-corrected chi connectivity index (χ1v) is 7.04. The van der Waals surface area contributed by atoms with Crippen LogP contribution < -0.4 is 10.6 Å². The zero-order chi connectivity index (χ0) is 13.8. The van der Waals surface area contributed by atoms with Crippen LogP contribution in [0.1, 0.15) is 5.56 Å². The Balaban J connectivity index is 1.90. The molecule has 0 amide bonds. The van der Waals surface area contributed by atoms with Crippen molar-refractivity contribution in [3.8, 4) is 0 Å². The molecule has 0 aromatic heterocycles. The summed E-state index contributed by atoms with van der Waals surface area (Å²) in [6.07, 6.45) is 0. The average molecular weight is 262 g/mol. The number of aryl methyl sites for hydroxylation is 1. The monoisotopic (exact) mass is 262 g/mol. The second kappa shape index (κ2) is 6.26. The second-order valence-corrected chi connectivity index (χ2v) is 5.68. The van der Waals surface area contributed by atoms with Crippen LogP contribution in [0.5, 0.6) is 0 Å². The number of likely N-dealkylation sites (N-methyl/N-ethyl adjacent to an activating group) is 1. The van der Waals surface area contributed by atoms with Crippen LogP contribution in [0.3, 0.4) is 0 Å². The van der Waals surface area contributed by atoms with Crippen molar-refractivity contribution >= 4 is 11.4 Å². The van der Waals surface area contributed by atoms with Gasteiger partial charge in [0, 0.05) is 50.6 Å². The summed E-state index contributed by atoms with van der Waals surface area (Å²) in [6, 6.07) is 6.19. The van der Waals surface area contributed by atoms with Crippen molar-refractivity contribution in [1.29, 1.82) is 0 Å². The first kappa shape index (κ1) is 14.2. The number of nitrogen functional groups attached to an aromatic ring is 1. The molecule has 4 nitrogen and oxygen atoms in total. The predicted octanol–water partition coefficient (Wildman–Crippen LogP) is 1.26. The van der Waals surface area contributed by atoms with E-state index in [2.05, 4.69) is 47.9 Å². The van der Waals surface area contributed by atoms with Gasteiger partial charge in [-0.1, -0.05) is 6.07 Å². The van der Waals surface area contributed by atoms with E-state index < -0.39 is 0 Å². The largest absolute Gasteiger partial charge is 0.399 e. The number of nitrogens with zero attached hydrogens (tertiary/aromatic N) is 3. The minimum atomic E-state index is 0.857. The zero-order valence-electron chi connectivity index (χ0n) is 12.4. The molecule has 1 saturated heterocycles. The van der Waals surface area contributed by atoms with Crippen molar-refractivity contribution in [3.63, 3.8) is 0 Å². The molecule has 0 radical (unpaired) electrons. The van der Waals surface area contributed by atoms with Gasteiger partial charge in [-0.05, 0) is 38.7 Å². The van der Waals surface area contributed by atoms with Crippen molar-refractivity contribution in [3.05, 3.63) is 23.8 Å². The van der Waals surface area contributed by atoms with Gasteiger partial charge in [0.1, 0.15) is 0 Å². The Kier molecular flexibility index (Phi) is 4.66. The molecule has 1 aromatic carbocycles. The number of hydrogen-bond donors (Lipinski definition) is 1. The Morgan fingerprint density at radius 1 is 1.16 bits per heavy atom. The lowest BCUT2D eigenvalue weighted by atomic mass is 10.1. The van der Waals surface area contributed by atoms with Crippen LogP contribution in [-0.2, 0) is 0 Å². The summed E-state index contributed by atoms with van der Waals surface area (Å²) in [7, 11) is 4.26. The molecular formula is C15H26N4. The molecule has 19 heavy (non-hydrogen) atoms. The number of nitrogens with two attached hydrogens (primary N) is 1. The maximum atomic E-state index is 5.90. The third-order valence-electron chi connectivity index (χ3n) is 3.81. The van der Waals surface area contributed by atoms with E-state index in [1.807, 2.05) is 6.07 Å². The number of hydrogen-bond acceptors (Lipinski definition) is 4. The predicted molar refractivity (Wildman–Crippen MR) is 82.8 cm³/mol. The zero-order valence-corrected chi connectivity index (χ0v) is 12.4. The Hall–Kier alpha value is -1.26. The first-order chi connectivity index (χ1) is 9.06. The van der Waals surface area contributed by atoms with Crippen LogP contribution >= 0.6 is 0 Å². The lowest BCUT2D eigenvalue weighted by molar-refractivity contribution is 0.229. The standard InChI is InChI=1S/C15H26N4/c1-13-4-5-14(16)12-15(13)19-10-8-18(9-11-19)7-6-17(2)3/h4-5,12H,6-11,16H2,1-3H3. The fourth-order valence-corrected chi connectivity index (χ4v) is 2.52. The molecule has 0 aliphatic carbocycles. The summed E-state index contributed by atoms with van der Waals surface area (Å²) in [5.74, 6) is 0. The van der Waals surface area contributed by atoms with Gasteiger partial charge >= 0.3 is 0 Å². The highest BCUT2D eigenvalue weighted by atomic mass is 15.3. The van der Waals surface area contributed by atoms with Crippen LogP contribution in [-0.4, -0.2) is 63.2 Å². The Morgan fingerprint density at radius 3 is 2.47 bits per heavy atom. The molecule has 106 valence electrons. The van der Waals surface area contributed by atoms with E-state index in [1.165, 1.54) is 11.3 Å². The first-order valence-electron chi connectivity index (χ1n) is 7.04. The van der Waals surface area contributed by atoms with Gasteiger partial charge in [-0.25, -0.2) is 0 Å². The molecule has 0 atom stereocenters. The maximum absolute atomic E-state index is 5.90. The smallest absolute Gasteiger partial charge is 0.0417 e. The fraction of sp³-hybridized carbons (Fsp3) is 0.600. The van der Waals surface area contributed by atoms with Crippen molar-refractivity contribution in [1.82, 2.24) is 9.80 Å². The number of anilines is 2. The van der Waals surface area contributed by atoms with Gasteiger partial charge < -0.3 is 15.5 Å². The fourth-order valence-electron chi connectivity index (χ4n) is 2.52. The van der Waals surface area contributed by atoms with E-state index in [0.717, 1.165) is 45.0 Å². The molecule has 2 rings (SSSR count). The van der Waals surface area contributed by atoms with Crippen molar-refractivity contribution in [2.45, 2.75) is 6.92 Å². The Morgan fingerprint density at radius 2 is 1.84 bits per heavy atom. The van der Waals surface area contributed by atoms with Gasteiger partial charge in [0.2, 0.25) is 0 Å². The minimum absolute atomic E-state index is 0.857. The molecular weight excluding hydrogens is 236 g/mol. The highest BCUT2D eigenvalue weighted by molar-refractivity contribution is 5.61. The van der Waals surface area contributed by atoms with Gasteiger partial charge in [-0.15, -0.1) is 0 Å². The highest BCUT2D eigenvalue weighted by Gasteiger charge is 2.18. The SMILES string of the molecule is Cc1ccc(N)cc1N1CCN(CCN(C)C)CC1. The molecule has 1 aromatic rings. The van der Waals surface area contributed by atoms with Gasteiger partial charge in [-0.2, -0.15) is 0 Å². The van der Waals surface area contributed by atoms with Gasteiger partial charge in [-0.3, -0.25) is 4.90 Å². The van der Waals surface area contributed by atoms with Gasteiger partial charge in [0.25, 0.3) is 0 Å². The summed E-state index contributed by atoms with van der Waals surface area (Å²) in [5, 5.41) is 0. The summed E-state index contributed by atoms with van der Waals surface area (Å²) in [4.78, 5) is 7.24. The van der Waals surface area contributed by atoms with E-state index in [-0.39, 0.29) is 0 Å². The molecule has 4 heteroatoms. The number of rotatable bonds is 4. The van der Waals surface area contributed by atoms with Crippen molar-refractivity contribution < 1.29 is 0 Å². The molecule has 1 aliphatic rings. The third-order valence-corrected chi connectivity index (χ3v) is 3.81. The minimum Gasteiger partial charge on any atom is -0.399 e. The molecule has 1 fully saturated rings. The van der Waals surface area contributed by atoms with E-state index in [0.29, 0.717) is 0 Å². The van der Waals surface area contributed by atoms with Crippen LogP contribution in [0.4, 0.5) is 11.4 Å². The molecule has 0 bridgehead atoms. The number of piperazine rings is 1. The maximum Gasteiger partial charge on any atom is 0.0417 e. The normalized spacial score (nSPS) is 17.2. The molecule has 0 spiro atoms. The van der Waals surface area contributed by atoms with Crippen LogP contribution in [0, 0.1) is 6.92 Å². The van der Waals surface area contributed by atoms with E-state index in [9.17, 15) is 0 Å². The molecule has 2 N–H and O–H groups in total. The lowest BCUT2D eigenvalue weighted by Crippen LogP contribution is -2.48. The third kappa shape index (κ3) is 3.85. The van der Waals surface area contributed by atoms with E-state index in [4.69, 9.17) is 5.73 Å². The van der Waals surface area contributed by atoms with Crippen molar-refractivity contribution in [2.75, 3.05) is 64.0 Å². The van der Waals surface area contributed by atoms with Crippen molar-refractivity contribution in [2.24, 2.45) is 0 Å². The lowest BCUT2D eigenvalue weighted by Gasteiger charge is -2.37. The van der Waals surface area contributed by atoms with Crippen LogP contribution in [0.25, 0.3) is 0 Å². The summed E-state index contributed by atoms with van der Waals surface area (Å²) in [6.45, 7) is 8.93. The number of benzene rings is 1. The van der Waals surface area contributed by atoms with E-state index in [1.54, 1.807) is 0 Å². The highest BCUT2D eigenvalue weighted by Crippen LogP contribution is 2.23. The molecule has 1 heterocycles. The summed E-state index contributed by atoms with van der Waals surface area (Å²) >= 11 is 0. The summed E-state index contributed by atoms with van der Waals surface area (Å²) in [5.41, 5.74) is 9.37. The van der Waals surface area contributed by atoms with Gasteiger partial charge in [0.05, 0.1) is 0 Å². The van der Waals surface area contributed by atoms with Crippen LogP contribution in [0.15, 0.2) is 18.2 Å².